The number of halogens is 2. The molecule has 0 bridgehead atoms. The van der Waals surface area contributed by atoms with Crippen LogP contribution in [0.15, 0.2) is 22.7 Å². The van der Waals surface area contributed by atoms with Crippen molar-refractivity contribution in [3.8, 4) is 0 Å². The van der Waals surface area contributed by atoms with Gasteiger partial charge in [0.05, 0.1) is 5.60 Å². The van der Waals surface area contributed by atoms with E-state index in [4.69, 9.17) is 4.74 Å². The number of rotatable bonds is 7. The van der Waals surface area contributed by atoms with Crippen LogP contribution in [0.5, 0.6) is 0 Å². The molecule has 0 aliphatic carbocycles. The average molecular weight is 334 g/mol. The highest BCUT2D eigenvalue weighted by molar-refractivity contribution is 9.10. The van der Waals surface area contributed by atoms with Crippen LogP contribution in [-0.4, -0.2) is 31.0 Å². The van der Waals surface area contributed by atoms with Crippen LogP contribution in [0.3, 0.4) is 0 Å². The van der Waals surface area contributed by atoms with E-state index < -0.39 is 5.60 Å². The number of hydrogen-bond donors (Lipinski definition) is 2. The summed E-state index contributed by atoms with van der Waals surface area (Å²) in [6.45, 7) is 4.71. The van der Waals surface area contributed by atoms with E-state index in [9.17, 15) is 9.50 Å². The fourth-order valence-electron chi connectivity index (χ4n) is 1.75. The van der Waals surface area contributed by atoms with Gasteiger partial charge in [-0.2, -0.15) is 0 Å². The molecule has 2 unspecified atom stereocenters. The predicted molar refractivity (Wildman–Crippen MR) is 77.6 cm³/mol. The number of aliphatic hydroxyl groups is 1. The molecular weight excluding hydrogens is 313 g/mol. The van der Waals surface area contributed by atoms with Gasteiger partial charge in [0.25, 0.3) is 0 Å². The minimum atomic E-state index is -0.823. The summed E-state index contributed by atoms with van der Waals surface area (Å²) in [5.74, 6) is -0.269. The van der Waals surface area contributed by atoms with Gasteiger partial charge in [-0.25, -0.2) is 4.39 Å². The van der Waals surface area contributed by atoms with Crippen LogP contribution in [0.1, 0.15) is 31.9 Å². The van der Waals surface area contributed by atoms with E-state index in [1.54, 1.807) is 20.1 Å². The van der Waals surface area contributed by atoms with Crippen molar-refractivity contribution in [1.29, 1.82) is 0 Å². The number of methoxy groups -OCH3 is 1. The van der Waals surface area contributed by atoms with E-state index in [0.717, 1.165) is 10.0 Å². The lowest BCUT2D eigenvalue weighted by molar-refractivity contribution is 0.0231. The van der Waals surface area contributed by atoms with Gasteiger partial charge in [-0.15, -0.1) is 0 Å². The Hall–Kier alpha value is -0.490. The Kier molecular flexibility index (Phi) is 6.39. The molecule has 0 saturated carbocycles. The van der Waals surface area contributed by atoms with Crippen molar-refractivity contribution >= 4 is 15.9 Å². The van der Waals surface area contributed by atoms with Crippen molar-refractivity contribution in [3.05, 3.63) is 34.1 Å². The van der Waals surface area contributed by atoms with Gasteiger partial charge >= 0.3 is 0 Å². The van der Waals surface area contributed by atoms with Gasteiger partial charge in [0.2, 0.25) is 0 Å². The zero-order chi connectivity index (χ0) is 14.5. The van der Waals surface area contributed by atoms with Crippen LogP contribution >= 0.6 is 15.9 Å². The van der Waals surface area contributed by atoms with Gasteiger partial charge in [0, 0.05) is 37.2 Å². The molecule has 0 spiro atoms. The molecule has 0 saturated heterocycles. The fourth-order valence-corrected chi connectivity index (χ4v) is 2.44. The molecule has 108 valence electrons. The maximum absolute atomic E-state index is 13.0. The second kappa shape index (κ2) is 7.33. The first-order chi connectivity index (χ1) is 8.85. The number of benzene rings is 1. The quantitative estimate of drug-likeness (QED) is 0.805. The van der Waals surface area contributed by atoms with Crippen molar-refractivity contribution < 1.29 is 14.2 Å². The monoisotopic (exact) mass is 333 g/mol. The van der Waals surface area contributed by atoms with Crippen molar-refractivity contribution in [2.24, 2.45) is 0 Å². The van der Waals surface area contributed by atoms with Gasteiger partial charge in [0.15, 0.2) is 0 Å². The first-order valence-electron chi connectivity index (χ1n) is 6.25. The largest absolute Gasteiger partial charge is 0.389 e. The Balaban J connectivity index is 2.57. The third kappa shape index (κ3) is 5.57. The van der Waals surface area contributed by atoms with E-state index in [0.29, 0.717) is 19.6 Å². The molecule has 3 nitrogen and oxygen atoms in total. The molecule has 2 atom stereocenters. The summed E-state index contributed by atoms with van der Waals surface area (Å²) in [5.41, 5.74) is 0.139. The zero-order valence-electron chi connectivity index (χ0n) is 11.5. The molecule has 1 aromatic carbocycles. The SMILES string of the molecule is COCCC(C)(O)CNC(C)c1ccc(F)cc1Br. The molecule has 0 heterocycles. The van der Waals surface area contributed by atoms with Gasteiger partial charge in [-0.1, -0.05) is 22.0 Å². The smallest absolute Gasteiger partial charge is 0.124 e. The van der Waals surface area contributed by atoms with Crippen LogP contribution in [0.2, 0.25) is 0 Å². The summed E-state index contributed by atoms with van der Waals surface area (Å²) in [5, 5.41) is 13.4. The van der Waals surface area contributed by atoms with Crippen molar-refractivity contribution in [2.45, 2.75) is 31.9 Å². The summed E-state index contributed by atoms with van der Waals surface area (Å²) in [7, 11) is 1.61. The second-order valence-corrected chi connectivity index (χ2v) is 5.86. The lowest BCUT2D eigenvalue weighted by Crippen LogP contribution is -2.39. The minimum Gasteiger partial charge on any atom is -0.389 e. The van der Waals surface area contributed by atoms with Crippen LogP contribution in [-0.2, 0) is 4.74 Å². The summed E-state index contributed by atoms with van der Waals surface area (Å²) in [6, 6.07) is 4.63. The van der Waals surface area contributed by atoms with Crippen molar-refractivity contribution in [1.82, 2.24) is 5.32 Å². The summed E-state index contributed by atoms with van der Waals surface area (Å²) >= 11 is 3.35. The minimum absolute atomic E-state index is 0.0176. The molecule has 1 aromatic rings. The first-order valence-corrected chi connectivity index (χ1v) is 7.04. The molecule has 19 heavy (non-hydrogen) atoms. The predicted octanol–water partition coefficient (Wildman–Crippen LogP) is 3.03. The molecule has 0 amide bonds. The van der Waals surface area contributed by atoms with E-state index >= 15 is 0 Å². The number of hydrogen-bond acceptors (Lipinski definition) is 3. The highest BCUT2D eigenvalue weighted by atomic mass is 79.9. The molecule has 5 heteroatoms. The van der Waals surface area contributed by atoms with Gasteiger partial charge in [0.1, 0.15) is 5.82 Å². The standard InChI is InChI=1S/C14H21BrFNO2/c1-10(12-5-4-11(16)8-13(12)15)17-9-14(2,18)6-7-19-3/h4-5,8,10,17-18H,6-7,9H2,1-3H3. The van der Waals surface area contributed by atoms with Gasteiger partial charge in [-0.05, 0) is 31.5 Å². The van der Waals surface area contributed by atoms with E-state index in [-0.39, 0.29) is 11.9 Å². The number of nitrogens with one attached hydrogen (secondary N) is 1. The first kappa shape index (κ1) is 16.6. The Morgan fingerprint density at radius 3 is 2.79 bits per heavy atom. The van der Waals surface area contributed by atoms with Crippen molar-refractivity contribution in [3.63, 3.8) is 0 Å². The highest BCUT2D eigenvalue weighted by Gasteiger charge is 2.21. The van der Waals surface area contributed by atoms with Crippen LogP contribution in [0.25, 0.3) is 0 Å². The molecule has 0 aliphatic heterocycles. The molecule has 0 radical (unpaired) electrons. The third-order valence-electron chi connectivity index (χ3n) is 3.06. The Labute approximate surface area is 122 Å². The van der Waals surface area contributed by atoms with Crippen LogP contribution in [0, 0.1) is 5.82 Å². The second-order valence-electron chi connectivity index (χ2n) is 5.01. The maximum Gasteiger partial charge on any atom is 0.124 e. The average Bonchev–Trinajstić information content (AvgIpc) is 2.34. The van der Waals surface area contributed by atoms with Gasteiger partial charge in [-0.3, -0.25) is 0 Å². The summed E-state index contributed by atoms with van der Waals surface area (Å²) in [4.78, 5) is 0. The molecule has 0 fully saturated rings. The van der Waals surface area contributed by atoms with Crippen LogP contribution in [0.4, 0.5) is 4.39 Å². The molecule has 0 aromatic heterocycles. The molecule has 1 rings (SSSR count). The van der Waals surface area contributed by atoms with E-state index in [1.165, 1.54) is 12.1 Å². The Morgan fingerprint density at radius 2 is 2.21 bits per heavy atom. The lowest BCUT2D eigenvalue weighted by atomic mass is 10.0. The summed E-state index contributed by atoms with van der Waals surface area (Å²) < 4.78 is 18.7. The summed E-state index contributed by atoms with van der Waals surface area (Å²) in [6.07, 6.45) is 0.563. The highest BCUT2D eigenvalue weighted by Crippen LogP contribution is 2.24. The van der Waals surface area contributed by atoms with Crippen LogP contribution < -0.4 is 5.32 Å². The number of ether oxygens (including phenoxy) is 1. The topological polar surface area (TPSA) is 41.5 Å². The van der Waals surface area contributed by atoms with Gasteiger partial charge < -0.3 is 15.2 Å². The zero-order valence-corrected chi connectivity index (χ0v) is 13.1. The fraction of sp³-hybridized carbons (Fsp3) is 0.571. The van der Waals surface area contributed by atoms with E-state index in [2.05, 4.69) is 21.2 Å². The molecule has 0 aliphatic rings. The Bertz CT molecular complexity index is 412. The third-order valence-corrected chi connectivity index (χ3v) is 3.75. The molecular formula is C14H21BrFNO2. The van der Waals surface area contributed by atoms with E-state index in [1.807, 2.05) is 6.92 Å². The van der Waals surface area contributed by atoms with Crippen molar-refractivity contribution in [2.75, 3.05) is 20.3 Å². The lowest BCUT2D eigenvalue weighted by Gasteiger charge is -2.26. The maximum atomic E-state index is 13.0. The Morgan fingerprint density at radius 1 is 1.53 bits per heavy atom. The molecule has 2 N–H and O–H groups in total. The normalized spacial score (nSPS) is 16.1.